The maximum atomic E-state index is 12.3. The molecule has 0 saturated carbocycles. The molecular formula is C13H14ClN5O. The molecular weight excluding hydrogens is 278 g/mol. The molecule has 1 aromatic carbocycles. The zero-order valence-electron chi connectivity index (χ0n) is 11.0. The summed E-state index contributed by atoms with van der Waals surface area (Å²) in [6.07, 6.45) is 0.738. The number of nitrogens with one attached hydrogen (secondary N) is 1. The number of likely N-dealkylation sites (tertiary alicyclic amines) is 1. The molecule has 0 atom stereocenters. The summed E-state index contributed by atoms with van der Waals surface area (Å²) in [5.41, 5.74) is 1.60. The Morgan fingerprint density at radius 1 is 1.50 bits per heavy atom. The van der Waals surface area contributed by atoms with Gasteiger partial charge in [-0.15, -0.1) is 10.2 Å². The highest BCUT2D eigenvalue weighted by Crippen LogP contribution is 2.25. The molecule has 0 unspecified atom stereocenters. The van der Waals surface area contributed by atoms with Crippen LogP contribution in [0.2, 0.25) is 5.02 Å². The lowest BCUT2D eigenvalue weighted by Crippen LogP contribution is -2.50. The number of H-pyrrole nitrogens is 1. The fraction of sp³-hybridized carbons (Fsp3) is 0.385. The molecule has 2 aromatic rings. The van der Waals surface area contributed by atoms with E-state index in [9.17, 15) is 4.79 Å². The third-order valence-corrected chi connectivity index (χ3v) is 3.79. The van der Waals surface area contributed by atoms with E-state index in [4.69, 9.17) is 11.6 Å². The van der Waals surface area contributed by atoms with Crippen molar-refractivity contribution in [1.82, 2.24) is 25.5 Å². The number of carbonyl (C=O) groups excluding carboxylic acids is 1. The summed E-state index contributed by atoms with van der Waals surface area (Å²) in [5.74, 6) is 1.07. The summed E-state index contributed by atoms with van der Waals surface area (Å²) >= 11 is 6.09. The number of tetrazole rings is 1. The molecule has 0 spiro atoms. The molecule has 1 saturated heterocycles. The van der Waals surface area contributed by atoms with Crippen molar-refractivity contribution in [2.24, 2.45) is 5.92 Å². The molecule has 20 heavy (non-hydrogen) atoms. The molecule has 1 fully saturated rings. The normalized spacial score (nSPS) is 15.2. The lowest BCUT2D eigenvalue weighted by molar-refractivity contribution is 0.0498. The molecule has 0 bridgehead atoms. The van der Waals surface area contributed by atoms with E-state index in [0.717, 1.165) is 12.0 Å². The minimum absolute atomic E-state index is 0.0111. The molecule has 1 aliphatic rings. The second-order valence-corrected chi connectivity index (χ2v) is 5.50. The van der Waals surface area contributed by atoms with Crippen LogP contribution in [0.15, 0.2) is 18.2 Å². The number of hydrogen-bond acceptors (Lipinski definition) is 4. The maximum Gasteiger partial charge on any atom is 0.255 e. The Hall–Kier alpha value is -1.95. The van der Waals surface area contributed by atoms with E-state index in [1.54, 1.807) is 11.0 Å². The van der Waals surface area contributed by atoms with Gasteiger partial charge in [-0.25, -0.2) is 0 Å². The van der Waals surface area contributed by atoms with Gasteiger partial charge in [-0.05, 0) is 19.1 Å². The number of amides is 1. The molecule has 7 heteroatoms. The number of rotatable bonds is 3. The Bertz CT molecular complexity index is 622. The second kappa shape index (κ2) is 5.20. The van der Waals surface area contributed by atoms with Gasteiger partial charge in [-0.1, -0.05) is 28.4 Å². The standard InChI is InChI=1S/C13H14ClN5O/c1-8-2-3-11(14)10(4-8)13(20)19-6-9(7-19)5-12-15-17-18-16-12/h2-4,9H,5-7H2,1H3,(H,15,16,17,18). The summed E-state index contributed by atoms with van der Waals surface area (Å²) in [4.78, 5) is 14.1. The molecule has 1 amide bonds. The first kappa shape index (κ1) is 13.1. The Labute approximate surface area is 121 Å². The van der Waals surface area contributed by atoms with Gasteiger partial charge in [0.1, 0.15) is 0 Å². The smallest absolute Gasteiger partial charge is 0.255 e. The zero-order valence-corrected chi connectivity index (χ0v) is 11.8. The number of aromatic nitrogens is 4. The van der Waals surface area contributed by atoms with Crippen LogP contribution in [0.4, 0.5) is 0 Å². The molecule has 104 valence electrons. The van der Waals surface area contributed by atoms with Crippen LogP contribution in [0, 0.1) is 12.8 Å². The SMILES string of the molecule is Cc1ccc(Cl)c(C(=O)N2CC(Cc3nn[nH]n3)C2)c1. The van der Waals surface area contributed by atoms with Crippen molar-refractivity contribution in [1.29, 1.82) is 0 Å². The quantitative estimate of drug-likeness (QED) is 0.929. The van der Waals surface area contributed by atoms with Gasteiger partial charge in [0.05, 0.1) is 10.6 Å². The molecule has 3 rings (SSSR count). The summed E-state index contributed by atoms with van der Waals surface area (Å²) in [6.45, 7) is 3.36. The Balaban J connectivity index is 1.62. The second-order valence-electron chi connectivity index (χ2n) is 5.09. The number of benzene rings is 1. The number of nitrogens with zero attached hydrogens (tertiary/aromatic N) is 4. The lowest BCUT2D eigenvalue weighted by atomic mass is 9.95. The van der Waals surface area contributed by atoms with Crippen LogP contribution >= 0.6 is 11.6 Å². The lowest BCUT2D eigenvalue weighted by Gasteiger charge is -2.39. The summed E-state index contributed by atoms with van der Waals surface area (Å²) in [6, 6.07) is 5.49. The molecule has 0 aliphatic carbocycles. The number of aromatic amines is 1. The van der Waals surface area contributed by atoms with Crippen LogP contribution in [0.3, 0.4) is 0 Å². The number of carbonyl (C=O) groups is 1. The van der Waals surface area contributed by atoms with E-state index in [1.807, 2.05) is 19.1 Å². The summed E-state index contributed by atoms with van der Waals surface area (Å²) < 4.78 is 0. The maximum absolute atomic E-state index is 12.3. The highest BCUT2D eigenvalue weighted by Gasteiger charge is 2.32. The van der Waals surface area contributed by atoms with E-state index >= 15 is 0 Å². The molecule has 0 radical (unpaired) electrons. The van der Waals surface area contributed by atoms with Crippen LogP contribution in [-0.4, -0.2) is 44.5 Å². The van der Waals surface area contributed by atoms with Gasteiger partial charge < -0.3 is 4.90 Å². The molecule has 1 aliphatic heterocycles. The highest BCUT2D eigenvalue weighted by atomic mass is 35.5. The van der Waals surface area contributed by atoms with E-state index in [-0.39, 0.29) is 5.91 Å². The van der Waals surface area contributed by atoms with Crippen molar-refractivity contribution in [3.63, 3.8) is 0 Å². The Kier molecular flexibility index (Phi) is 3.40. The average Bonchev–Trinajstić information content (AvgIpc) is 2.88. The predicted molar refractivity (Wildman–Crippen MR) is 73.5 cm³/mol. The summed E-state index contributed by atoms with van der Waals surface area (Å²) in [7, 11) is 0. The largest absolute Gasteiger partial charge is 0.338 e. The van der Waals surface area contributed by atoms with Gasteiger partial charge in [0.25, 0.3) is 5.91 Å². The molecule has 1 aromatic heterocycles. The van der Waals surface area contributed by atoms with Crippen LogP contribution in [0.25, 0.3) is 0 Å². The summed E-state index contributed by atoms with van der Waals surface area (Å²) in [5, 5.41) is 14.3. The van der Waals surface area contributed by atoms with E-state index < -0.39 is 0 Å². The van der Waals surface area contributed by atoms with Crippen molar-refractivity contribution < 1.29 is 4.79 Å². The van der Waals surface area contributed by atoms with Crippen molar-refractivity contribution in [3.8, 4) is 0 Å². The highest BCUT2D eigenvalue weighted by molar-refractivity contribution is 6.33. The fourth-order valence-electron chi connectivity index (χ4n) is 2.37. The minimum atomic E-state index is -0.0111. The monoisotopic (exact) mass is 291 g/mol. The minimum Gasteiger partial charge on any atom is -0.338 e. The van der Waals surface area contributed by atoms with Crippen LogP contribution < -0.4 is 0 Å². The van der Waals surface area contributed by atoms with Gasteiger partial charge in [0.15, 0.2) is 5.82 Å². The van der Waals surface area contributed by atoms with Crippen LogP contribution in [0.1, 0.15) is 21.7 Å². The first-order valence-corrected chi connectivity index (χ1v) is 6.79. The third kappa shape index (κ3) is 2.51. The van der Waals surface area contributed by atoms with Gasteiger partial charge in [-0.2, -0.15) is 5.21 Å². The third-order valence-electron chi connectivity index (χ3n) is 3.46. The van der Waals surface area contributed by atoms with Gasteiger partial charge in [0.2, 0.25) is 0 Å². The molecule has 6 nitrogen and oxygen atoms in total. The number of halogens is 1. The van der Waals surface area contributed by atoms with Crippen LogP contribution in [-0.2, 0) is 6.42 Å². The predicted octanol–water partition coefficient (Wildman–Crippen LogP) is 1.48. The van der Waals surface area contributed by atoms with Crippen molar-refractivity contribution in [2.75, 3.05) is 13.1 Å². The van der Waals surface area contributed by atoms with Crippen LogP contribution in [0.5, 0.6) is 0 Å². The van der Waals surface area contributed by atoms with Crippen molar-refractivity contribution in [3.05, 3.63) is 40.2 Å². The van der Waals surface area contributed by atoms with Crippen molar-refractivity contribution in [2.45, 2.75) is 13.3 Å². The topological polar surface area (TPSA) is 74.8 Å². The van der Waals surface area contributed by atoms with E-state index in [2.05, 4.69) is 20.6 Å². The van der Waals surface area contributed by atoms with E-state index in [1.165, 1.54) is 0 Å². The number of aryl methyl sites for hydroxylation is 1. The average molecular weight is 292 g/mol. The Morgan fingerprint density at radius 2 is 2.30 bits per heavy atom. The first-order chi connectivity index (χ1) is 9.63. The van der Waals surface area contributed by atoms with Gasteiger partial charge >= 0.3 is 0 Å². The van der Waals surface area contributed by atoms with Gasteiger partial charge in [0, 0.05) is 25.4 Å². The first-order valence-electron chi connectivity index (χ1n) is 6.41. The number of hydrogen-bond donors (Lipinski definition) is 1. The van der Waals surface area contributed by atoms with Crippen molar-refractivity contribution >= 4 is 17.5 Å². The Morgan fingerprint density at radius 3 is 3.00 bits per heavy atom. The van der Waals surface area contributed by atoms with Gasteiger partial charge in [-0.3, -0.25) is 4.79 Å². The van der Waals surface area contributed by atoms with E-state index in [0.29, 0.717) is 35.4 Å². The fourth-order valence-corrected chi connectivity index (χ4v) is 2.56. The zero-order chi connectivity index (χ0) is 14.1. The molecule has 1 N–H and O–H groups in total. The molecule has 2 heterocycles.